The van der Waals surface area contributed by atoms with E-state index in [0.29, 0.717) is 12.3 Å². The smallest absolute Gasteiger partial charge is 0.123 e. The van der Waals surface area contributed by atoms with Gasteiger partial charge >= 0.3 is 0 Å². The third kappa shape index (κ3) is 6.52. The van der Waals surface area contributed by atoms with Crippen molar-refractivity contribution in [2.24, 2.45) is 5.92 Å². The second-order valence-corrected chi connectivity index (χ2v) is 3.35. The van der Waals surface area contributed by atoms with Crippen molar-refractivity contribution < 1.29 is 9.53 Å². The van der Waals surface area contributed by atoms with Crippen LogP contribution in [0.5, 0.6) is 0 Å². The topological polar surface area (TPSA) is 26.3 Å². The van der Waals surface area contributed by atoms with Gasteiger partial charge in [0.05, 0.1) is 6.10 Å². The van der Waals surface area contributed by atoms with E-state index in [1.165, 1.54) is 6.42 Å². The highest BCUT2D eigenvalue weighted by Gasteiger charge is 2.07. The molecular formula is C11H20O2. The van der Waals surface area contributed by atoms with E-state index < -0.39 is 0 Å². The molecular weight excluding hydrogens is 164 g/mol. The Labute approximate surface area is 81.0 Å². The van der Waals surface area contributed by atoms with Crippen LogP contribution < -0.4 is 0 Å². The van der Waals surface area contributed by atoms with E-state index in [0.717, 1.165) is 12.7 Å². The minimum Gasteiger partial charge on any atom is -0.377 e. The zero-order chi connectivity index (χ0) is 10.1. The Kier molecular flexibility index (Phi) is 7.60. The molecule has 13 heavy (non-hydrogen) atoms. The largest absolute Gasteiger partial charge is 0.377 e. The summed E-state index contributed by atoms with van der Waals surface area (Å²) in [6.07, 6.45) is 7.58. The summed E-state index contributed by atoms with van der Waals surface area (Å²) in [6.45, 7) is 4.38. The van der Waals surface area contributed by atoms with E-state index in [-0.39, 0.29) is 6.10 Å². The van der Waals surface area contributed by atoms with E-state index in [4.69, 9.17) is 4.74 Å². The maximum absolute atomic E-state index is 10.1. The highest BCUT2D eigenvalue weighted by Crippen LogP contribution is 2.12. The normalized spacial score (nSPS) is 15.9. The Bertz CT molecular complexity index is 152. The van der Waals surface area contributed by atoms with Crippen molar-refractivity contribution in [3.8, 4) is 0 Å². The van der Waals surface area contributed by atoms with Crippen LogP contribution in [0.1, 0.15) is 33.1 Å². The van der Waals surface area contributed by atoms with Crippen LogP contribution in [0.15, 0.2) is 12.2 Å². The van der Waals surface area contributed by atoms with Gasteiger partial charge in [-0.2, -0.15) is 0 Å². The first-order chi connectivity index (χ1) is 6.24. The first kappa shape index (κ1) is 12.4. The molecule has 0 heterocycles. The average Bonchev–Trinajstić information content (AvgIpc) is 2.16. The number of methoxy groups -OCH3 is 1. The number of carbonyl (C=O) groups is 1. The van der Waals surface area contributed by atoms with Crippen LogP contribution in [-0.2, 0) is 9.53 Å². The molecule has 0 spiro atoms. The van der Waals surface area contributed by atoms with E-state index in [1.807, 2.05) is 12.2 Å². The van der Waals surface area contributed by atoms with Gasteiger partial charge in [0, 0.05) is 13.5 Å². The van der Waals surface area contributed by atoms with Gasteiger partial charge in [0.2, 0.25) is 0 Å². The zero-order valence-corrected chi connectivity index (χ0v) is 8.82. The Morgan fingerprint density at radius 2 is 2.15 bits per heavy atom. The maximum atomic E-state index is 10.1. The number of ether oxygens (including phenoxy) is 1. The van der Waals surface area contributed by atoms with Crippen LogP contribution in [0.3, 0.4) is 0 Å². The van der Waals surface area contributed by atoms with Gasteiger partial charge < -0.3 is 9.53 Å². The highest BCUT2D eigenvalue weighted by molar-refractivity contribution is 5.51. The maximum Gasteiger partial charge on any atom is 0.123 e. The second kappa shape index (κ2) is 7.99. The van der Waals surface area contributed by atoms with Crippen LogP contribution >= 0.6 is 0 Å². The summed E-state index contributed by atoms with van der Waals surface area (Å²) in [7, 11) is 1.71. The van der Waals surface area contributed by atoms with Gasteiger partial charge in [-0.1, -0.05) is 32.4 Å². The molecule has 0 aliphatic heterocycles. The van der Waals surface area contributed by atoms with Gasteiger partial charge in [0.1, 0.15) is 6.29 Å². The lowest BCUT2D eigenvalue weighted by atomic mass is 10.0. The Morgan fingerprint density at radius 3 is 2.62 bits per heavy atom. The van der Waals surface area contributed by atoms with E-state index in [9.17, 15) is 4.79 Å². The highest BCUT2D eigenvalue weighted by atomic mass is 16.5. The summed E-state index contributed by atoms with van der Waals surface area (Å²) in [5, 5.41) is 0. The van der Waals surface area contributed by atoms with Crippen LogP contribution in [0.2, 0.25) is 0 Å². The molecule has 2 atom stereocenters. The Morgan fingerprint density at radius 1 is 1.46 bits per heavy atom. The molecule has 0 aromatic rings. The van der Waals surface area contributed by atoms with Crippen LogP contribution in [0.4, 0.5) is 0 Å². The molecule has 2 heteroatoms. The third-order valence-corrected chi connectivity index (χ3v) is 2.22. The van der Waals surface area contributed by atoms with E-state index in [2.05, 4.69) is 13.8 Å². The zero-order valence-electron chi connectivity index (χ0n) is 8.82. The summed E-state index contributed by atoms with van der Waals surface area (Å²) >= 11 is 0. The molecule has 0 radical (unpaired) electrons. The monoisotopic (exact) mass is 184 g/mol. The fourth-order valence-electron chi connectivity index (χ4n) is 1.10. The molecule has 0 saturated heterocycles. The van der Waals surface area contributed by atoms with Crippen LogP contribution in [0, 0.1) is 5.92 Å². The predicted octanol–water partition coefficient (Wildman–Crippen LogP) is 2.58. The minimum atomic E-state index is 0.162. The average molecular weight is 184 g/mol. The molecule has 0 aromatic carbocycles. The quantitative estimate of drug-likeness (QED) is 0.449. The summed E-state index contributed by atoms with van der Waals surface area (Å²) in [5.41, 5.74) is 0. The summed E-state index contributed by atoms with van der Waals surface area (Å²) in [4.78, 5) is 10.1. The summed E-state index contributed by atoms with van der Waals surface area (Å²) in [5.74, 6) is 0.672. The molecule has 0 rings (SSSR count). The number of allylic oxidation sites excluding steroid dienone is 1. The van der Waals surface area contributed by atoms with Crippen LogP contribution in [-0.4, -0.2) is 19.5 Å². The fourth-order valence-corrected chi connectivity index (χ4v) is 1.10. The molecule has 2 unspecified atom stereocenters. The van der Waals surface area contributed by atoms with Gasteiger partial charge in [-0.05, 0) is 12.3 Å². The summed E-state index contributed by atoms with van der Waals surface area (Å²) in [6, 6.07) is 0. The van der Waals surface area contributed by atoms with Gasteiger partial charge in [-0.25, -0.2) is 0 Å². The number of rotatable bonds is 7. The molecule has 76 valence electrons. The lowest BCUT2D eigenvalue weighted by Crippen LogP contribution is -2.11. The Balaban J connectivity index is 3.80. The van der Waals surface area contributed by atoms with Crippen molar-refractivity contribution >= 4 is 6.29 Å². The van der Waals surface area contributed by atoms with E-state index in [1.54, 1.807) is 7.11 Å². The van der Waals surface area contributed by atoms with Crippen molar-refractivity contribution in [2.45, 2.75) is 39.2 Å². The molecule has 0 aliphatic carbocycles. The predicted molar refractivity (Wildman–Crippen MR) is 54.7 cm³/mol. The molecule has 2 nitrogen and oxygen atoms in total. The van der Waals surface area contributed by atoms with Gasteiger partial charge in [0.25, 0.3) is 0 Å². The van der Waals surface area contributed by atoms with Gasteiger partial charge in [-0.15, -0.1) is 0 Å². The molecule has 0 saturated carbocycles. The molecule has 0 aliphatic rings. The van der Waals surface area contributed by atoms with Crippen molar-refractivity contribution in [1.82, 2.24) is 0 Å². The molecule has 0 fully saturated rings. The summed E-state index contributed by atoms with van der Waals surface area (Å²) < 4.78 is 5.27. The minimum absolute atomic E-state index is 0.162. The molecule has 0 aromatic heterocycles. The van der Waals surface area contributed by atoms with Gasteiger partial charge in [0.15, 0.2) is 0 Å². The number of hydrogen-bond acceptors (Lipinski definition) is 2. The molecule has 0 amide bonds. The van der Waals surface area contributed by atoms with Crippen molar-refractivity contribution in [2.75, 3.05) is 7.11 Å². The first-order valence-corrected chi connectivity index (χ1v) is 4.87. The van der Waals surface area contributed by atoms with Crippen molar-refractivity contribution in [3.63, 3.8) is 0 Å². The Hall–Kier alpha value is -0.630. The lowest BCUT2D eigenvalue weighted by Gasteiger charge is -2.14. The standard InChI is InChI=1S/C11H20O2/c1-4-10(2)9-11(13-3)7-5-6-8-12/h5,7-8,10-11H,4,6,9H2,1-3H3. The van der Waals surface area contributed by atoms with Crippen molar-refractivity contribution in [1.29, 1.82) is 0 Å². The number of aldehydes is 1. The molecule has 0 bridgehead atoms. The second-order valence-electron chi connectivity index (χ2n) is 3.35. The molecule has 0 N–H and O–H groups in total. The van der Waals surface area contributed by atoms with E-state index >= 15 is 0 Å². The van der Waals surface area contributed by atoms with Crippen LogP contribution in [0.25, 0.3) is 0 Å². The first-order valence-electron chi connectivity index (χ1n) is 4.87. The van der Waals surface area contributed by atoms with Crippen molar-refractivity contribution in [3.05, 3.63) is 12.2 Å². The lowest BCUT2D eigenvalue weighted by molar-refractivity contribution is -0.107. The number of carbonyl (C=O) groups excluding carboxylic acids is 1. The number of hydrogen-bond donors (Lipinski definition) is 0. The fraction of sp³-hybridized carbons (Fsp3) is 0.727. The SMILES string of the molecule is CCC(C)CC(C=CCC=O)OC. The van der Waals surface area contributed by atoms with Gasteiger partial charge in [-0.3, -0.25) is 0 Å². The third-order valence-electron chi connectivity index (χ3n) is 2.22.